The molecule has 2 aromatic carbocycles. The minimum atomic E-state index is -0.146. The van der Waals surface area contributed by atoms with E-state index >= 15 is 0 Å². The van der Waals surface area contributed by atoms with Crippen LogP contribution in [0.2, 0.25) is 0 Å². The summed E-state index contributed by atoms with van der Waals surface area (Å²) in [6.07, 6.45) is 2.31. The fourth-order valence-corrected chi connectivity index (χ4v) is 3.21. The van der Waals surface area contributed by atoms with Crippen molar-refractivity contribution in [3.8, 4) is 0 Å². The van der Waals surface area contributed by atoms with Gasteiger partial charge in [-0.1, -0.05) is 30.3 Å². The number of fused-ring (bicyclic) bond motifs is 2. The number of hydrogen-bond acceptors (Lipinski definition) is 3. The molecule has 2 aromatic heterocycles. The summed E-state index contributed by atoms with van der Waals surface area (Å²) in [4.78, 5) is 31.9. The summed E-state index contributed by atoms with van der Waals surface area (Å²) in [5, 5.41) is 4.84. The average molecular weight is 357 g/mol. The van der Waals surface area contributed by atoms with E-state index in [0.29, 0.717) is 17.7 Å². The number of aryl methyl sites for hydroxylation is 2. The predicted octanol–water partition coefficient (Wildman–Crippen LogP) is 3.96. The summed E-state index contributed by atoms with van der Waals surface area (Å²) >= 11 is 0. The molecule has 0 fully saturated rings. The highest BCUT2D eigenvalue weighted by Gasteiger charge is 2.09. The van der Waals surface area contributed by atoms with Gasteiger partial charge < -0.3 is 10.3 Å². The number of rotatable bonds is 4. The number of benzene rings is 2. The van der Waals surface area contributed by atoms with Crippen LogP contribution in [0.4, 0.5) is 5.69 Å². The number of anilines is 1. The van der Waals surface area contributed by atoms with Crippen LogP contribution in [0.15, 0.2) is 65.6 Å². The molecule has 0 aliphatic heterocycles. The van der Waals surface area contributed by atoms with E-state index in [1.807, 2.05) is 61.5 Å². The third-order valence-corrected chi connectivity index (χ3v) is 4.61. The van der Waals surface area contributed by atoms with E-state index < -0.39 is 0 Å². The van der Waals surface area contributed by atoms with Gasteiger partial charge in [0.25, 0.3) is 5.56 Å². The second-order valence-corrected chi connectivity index (χ2v) is 6.64. The van der Waals surface area contributed by atoms with E-state index in [-0.39, 0.29) is 17.9 Å². The van der Waals surface area contributed by atoms with Crippen molar-refractivity contribution >= 4 is 33.4 Å². The summed E-state index contributed by atoms with van der Waals surface area (Å²) in [7, 11) is 0. The van der Waals surface area contributed by atoms with Crippen LogP contribution in [0, 0.1) is 6.92 Å². The first-order chi connectivity index (χ1) is 13.1. The van der Waals surface area contributed by atoms with Crippen LogP contribution in [-0.2, 0) is 11.2 Å². The van der Waals surface area contributed by atoms with Crippen molar-refractivity contribution in [3.05, 3.63) is 82.3 Å². The predicted molar refractivity (Wildman–Crippen MR) is 108 cm³/mol. The van der Waals surface area contributed by atoms with Gasteiger partial charge in [-0.15, -0.1) is 0 Å². The van der Waals surface area contributed by atoms with E-state index in [9.17, 15) is 9.59 Å². The Kier molecular flexibility index (Phi) is 4.42. The lowest BCUT2D eigenvalue weighted by Gasteiger charge is -2.08. The largest absolute Gasteiger partial charge is 0.324 e. The van der Waals surface area contributed by atoms with E-state index in [2.05, 4.69) is 15.3 Å². The Morgan fingerprint density at radius 2 is 1.93 bits per heavy atom. The molecule has 2 N–H and O–H groups in total. The van der Waals surface area contributed by atoms with Gasteiger partial charge in [-0.3, -0.25) is 14.6 Å². The molecule has 0 unspecified atom stereocenters. The minimum Gasteiger partial charge on any atom is -0.324 e. The molecule has 4 aromatic rings. The lowest BCUT2D eigenvalue weighted by Crippen LogP contribution is -2.17. The molecule has 134 valence electrons. The molecule has 2 heterocycles. The van der Waals surface area contributed by atoms with Crippen LogP contribution in [-0.4, -0.2) is 15.9 Å². The Morgan fingerprint density at radius 3 is 2.81 bits per heavy atom. The first-order valence-electron chi connectivity index (χ1n) is 8.86. The fourth-order valence-electron chi connectivity index (χ4n) is 3.21. The van der Waals surface area contributed by atoms with Gasteiger partial charge in [0.2, 0.25) is 5.91 Å². The number of pyridine rings is 2. The molecule has 0 aliphatic rings. The Labute approximate surface area is 156 Å². The van der Waals surface area contributed by atoms with Crippen molar-refractivity contribution in [1.29, 1.82) is 0 Å². The van der Waals surface area contributed by atoms with Gasteiger partial charge in [0.15, 0.2) is 0 Å². The van der Waals surface area contributed by atoms with Gasteiger partial charge in [-0.25, -0.2) is 0 Å². The van der Waals surface area contributed by atoms with Crippen LogP contribution in [0.3, 0.4) is 0 Å². The van der Waals surface area contributed by atoms with Crippen LogP contribution in [0.25, 0.3) is 21.8 Å². The summed E-state index contributed by atoms with van der Waals surface area (Å²) in [5.41, 5.74) is 3.81. The number of H-pyrrole nitrogens is 1. The van der Waals surface area contributed by atoms with Crippen molar-refractivity contribution < 1.29 is 4.79 Å². The van der Waals surface area contributed by atoms with E-state index in [0.717, 1.165) is 27.4 Å². The SMILES string of the molecule is Cc1ccc2cc(CCC(=O)Nc3cccc4cccnc34)c(=O)[nH]c2c1. The molecule has 4 rings (SSSR count). The molecule has 0 bridgehead atoms. The summed E-state index contributed by atoms with van der Waals surface area (Å²) in [5.74, 6) is -0.142. The van der Waals surface area contributed by atoms with Gasteiger partial charge in [-0.2, -0.15) is 0 Å². The molecule has 5 nitrogen and oxygen atoms in total. The number of nitrogens with one attached hydrogen (secondary N) is 2. The number of amides is 1. The molecule has 5 heteroatoms. The van der Waals surface area contributed by atoms with Gasteiger partial charge in [0, 0.05) is 29.1 Å². The Morgan fingerprint density at radius 1 is 1.07 bits per heavy atom. The molecular formula is C22H19N3O2. The van der Waals surface area contributed by atoms with Gasteiger partial charge in [0.1, 0.15) is 0 Å². The Bertz CT molecular complexity index is 1210. The summed E-state index contributed by atoms with van der Waals surface area (Å²) in [6.45, 7) is 1.98. The first kappa shape index (κ1) is 17.0. The minimum absolute atomic E-state index is 0.142. The van der Waals surface area contributed by atoms with E-state index in [1.54, 1.807) is 6.20 Å². The smallest absolute Gasteiger partial charge is 0.251 e. The van der Waals surface area contributed by atoms with Crippen molar-refractivity contribution in [3.63, 3.8) is 0 Å². The quantitative estimate of drug-likeness (QED) is 0.581. The van der Waals surface area contributed by atoms with Gasteiger partial charge in [0.05, 0.1) is 11.2 Å². The second kappa shape index (κ2) is 7.03. The monoisotopic (exact) mass is 357 g/mol. The van der Waals surface area contributed by atoms with Crippen molar-refractivity contribution in [2.45, 2.75) is 19.8 Å². The Hall–Kier alpha value is -3.47. The maximum atomic E-state index is 12.4. The number of hydrogen-bond donors (Lipinski definition) is 2. The van der Waals surface area contributed by atoms with E-state index in [1.165, 1.54) is 0 Å². The molecule has 0 spiro atoms. The topological polar surface area (TPSA) is 74.8 Å². The second-order valence-electron chi connectivity index (χ2n) is 6.64. The highest BCUT2D eigenvalue weighted by atomic mass is 16.1. The number of aromatic amines is 1. The molecular weight excluding hydrogens is 338 g/mol. The van der Waals surface area contributed by atoms with Crippen LogP contribution in [0.1, 0.15) is 17.5 Å². The lowest BCUT2D eigenvalue weighted by molar-refractivity contribution is -0.116. The molecule has 0 atom stereocenters. The van der Waals surface area contributed by atoms with Crippen molar-refractivity contribution in [2.75, 3.05) is 5.32 Å². The van der Waals surface area contributed by atoms with Crippen LogP contribution < -0.4 is 10.9 Å². The molecule has 0 saturated carbocycles. The summed E-state index contributed by atoms with van der Waals surface area (Å²) in [6, 6.07) is 17.3. The molecule has 1 amide bonds. The van der Waals surface area contributed by atoms with Gasteiger partial charge >= 0.3 is 0 Å². The number of carbonyl (C=O) groups excluding carboxylic acids is 1. The number of para-hydroxylation sites is 1. The number of aromatic nitrogens is 2. The fraction of sp³-hybridized carbons (Fsp3) is 0.136. The molecule has 0 aliphatic carbocycles. The zero-order valence-electron chi connectivity index (χ0n) is 15.0. The third-order valence-electron chi connectivity index (χ3n) is 4.61. The van der Waals surface area contributed by atoms with E-state index in [4.69, 9.17) is 0 Å². The van der Waals surface area contributed by atoms with Crippen LogP contribution in [0.5, 0.6) is 0 Å². The van der Waals surface area contributed by atoms with Crippen molar-refractivity contribution in [2.24, 2.45) is 0 Å². The average Bonchev–Trinajstić information content (AvgIpc) is 2.67. The van der Waals surface area contributed by atoms with Crippen molar-refractivity contribution in [1.82, 2.24) is 9.97 Å². The summed E-state index contributed by atoms with van der Waals surface area (Å²) < 4.78 is 0. The lowest BCUT2D eigenvalue weighted by atomic mass is 10.1. The zero-order chi connectivity index (χ0) is 18.8. The maximum Gasteiger partial charge on any atom is 0.251 e. The van der Waals surface area contributed by atoms with Gasteiger partial charge in [-0.05, 0) is 48.6 Å². The highest BCUT2D eigenvalue weighted by Crippen LogP contribution is 2.21. The highest BCUT2D eigenvalue weighted by molar-refractivity contribution is 6.00. The molecule has 0 radical (unpaired) electrons. The number of nitrogens with zero attached hydrogens (tertiary/aromatic N) is 1. The number of carbonyl (C=O) groups is 1. The molecule has 27 heavy (non-hydrogen) atoms. The van der Waals surface area contributed by atoms with Crippen LogP contribution >= 0.6 is 0 Å². The first-order valence-corrected chi connectivity index (χ1v) is 8.86. The standard InChI is InChI=1S/C22H19N3O2/c1-14-7-8-16-13-17(22(27)25-19(16)12-14)9-10-20(26)24-18-6-2-4-15-5-3-11-23-21(15)18/h2-8,11-13H,9-10H2,1H3,(H,24,26)(H,25,27). The zero-order valence-corrected chi connectivity index (χ0v) is 15.0. The molecule has 0 saturated heterocycles. The third kappa shape index (κ3) is 3.58. The normalized spacial score (nSPS) is 11.0. The Balaban J connectivity index is 1.51. The maximum absolute atomic E-state index is 12.4.